The lowest BCUT2D eigenvalue weighted by Gasteiger charge is -2.26. The van der Waals surface area contributed by atoms with Crippen LogP contribution >= 0.6 is 11.8 Å². The van der Waals surface area contributed by atoms with E-state index in [9.17, 15) is 9.59 Å². The molecule has 1 unspecified atom stereocenters. The third-order valence-electron chi connectivity index (χ3n) is 5.68. The van der Waals surface area contributed by atoms with E-state index in [0.717, 1.165) is 46.9 Å². The molecule has 2 aromatic carbocycles. The van der Waals surface area contributed by atoms with Gasteiger partial charge in [0.2, 0.25) is 5.91 Å². The van der Waals surface area contributed by atoms with E-state index < -0.39 is 0 Å². The summed E-state index contributed by atoms with van der Waals surface area (Å²) in [5.74, 6) is 2.92. The van der Waals surface area contributed by atoms with Crippen LogP contribution in [-0.2, 0) is 11.2 Å². The van der Waals surface area contributed by atoms with E-state index in [1.54, 1.807) is 11.9 Å². The summed E-state index contributed by atoms with van der Waals surface area (Å²) >= 11 is 1.89. The number of nitrogens with zero attached hydrogens (tertiary/aromatic N) is 2. The summed E-state index contributed by atoms with van der Waals surface area (Å²) < 4.78 is 5.90. The van der Waals surface area contributed by atoms with Gasteiger partial charge < -0.3 is 19.5 Å². The zero-order valence-corrected chi connectivity index (χ0v) is 18.7. The largest absolute Gasteiger partial charge is 0.459 e. The third-order valence-corrected chi connectivity index (χ3v) is 6.62. The second kappa shape index (κ2) is 9.47. The van der Waals surface area contributed by atoms with Crippen LogP contribution in [0.3, 0.4) is 0 Å². The number of rotatable bonds is 5. The molecule has 0 saturated carbocycles. The maximum Gasteiger partial charge on any atom is 0.322 e. The third kappa shape index (κ3) is 5.05. The van der Waals surface area contributed by atoms with Gasteiger partial charge in [0.15, 0.2) is 0 Å². The summed E-state index contributed by atoms with van der Waals surface area (Å²) in [5, 5.41) is 3.94. The molecule has 1 fully saturated rings. The first kappa shape index (κ1) is 21.3. The molecule has 2 heterocycles. The molecular weight excluding hydrogens is 410 g/mol. The summed E-state index contributed by atoms with van der Waals surface area (Å²) in [6.45, 7) is 3.59. The van der Waals surface area contributed by atoms with E-state index in [0.29, 0.717) is 12.1 Å². The second-order valence-corrected chi connectivity index (χ2v) is 9.00. The Bertz CT molecular complexity index is 1020. The molecule has 0 bridgehead atoms. The number of para-hydroxylation sites is 1. The minimum atomic E-state index is -0.220. The van der Waals surface area contributed by atoms with Crippen LogP contribution in [0, 0.1) is 0 Å². The average molecular weight is 438 g/mol. The van der Waals surface area contributed by atoms with Crippen LogP contribution < -0.4 is 5.32 Å². The van der Waals surface area contributed by atoms with Gasteiger partial charge in [0, 0.05) is 42.7 Å². The first-order valence-electron chi connectivity index (χ1n) is 10.5. The smallest absolute Gasteiger partial charge is 0.322 e. The average Bonchev–Trinajstić information content (AvgIpc) is 3.24. The Hall–Kier alpha value is -2.93. The van der Waals surface area contributed by atoms with Crippen LogP contribution in [0.15, 0.2) is 59.0 Å². The predicted octanol–water partition coefficient (Wildman–Crippen LogP) is 4.78. The van der Waals surface area contributed by atoms with Crippen LogP contribution in [-0.4, -0.2) is 53.4 Å². The number of nitrogens with one attached hydrogen (secondary N) is 1. The number of carbonyl (C=O) groups is 2. The van der Waals surface area contributed by atoms with Gasteiger partial charge in [-0.2, -0.15) is 11.8 Å². The van der Waals surface area contributed by atoms with Crippen molar-refractivity contribution in [2.75, 3.05) is 37.0 Å². The first-order valence-corrected chi connectivity index (χ1v) is 11.6. The maximum absolute atomic E-state index is 12.7. The van der Waals surface area contributed by atoms with Crippen molar-refractivity contribution in [2.24, 2.45) is 0 Å². The van der Waals surface area contributed by atoms with Crippen molar-refractivity contribution < 1.29 is 14.0 Å². The molecule has 3 aromatic rings. The van der Waals surface area contributed by atoms with Crippen molar-refractivity contribution in [1.29, 1.82) is 0 Å². The van der Waals surface area contributed by atoms with Crippen molar-refractivity contribution in [3.8, 4) is 0 Å². The maximum atomic E-state index is 12.7. The first-order chi connectivity index (χ1) is 15.0. The van der Waals surface area contributed by atoms with E-state index >= 15 is 0 Å². The quantitative estimate of drug-likeness (QED) is 0.624. The number of hydrogen-bond donors (Lipinski definition) is 1. The Morgan fingerprint density at radius 2 is 1.84 bits per heavy atom. The Kier molecular flexibility index (Phi) is 6.51. The lowest BCUT2D eigenvalue weighted by molar-refractivity contribution is -0.130. The number of furan rings is 1. The van der Waals surface area contributed by atoms with Crippen LogP contribution in [0.25, 0.3) is 11.0 Å². The summed E-state index contributed by atoms with van der Waals surface area (Å²) in [6.07, 6.45) is 0.391. The highest BCUT2D eigenvalue weighted by Crippen LogP contribution is 2.27. The molecule has 1 aliphatic rings. The van der Waals surface area contributed by atoms with E-state index in [2.05, 4.69) is 5.32 Å². The number of urea groups is 1. The van der Waals surface area contributed by atoms with Crippen molar-refractivity contribution in [3.05, 3.63) is 65.9 Å². The number of thioether (sulfide) groups is 1. The molecule has 0 radical (unpaired) electrons. The van der Waals surface area contributed by atoms with E-state index in [1.807, 2.05) is 78.2 Å². The molecule has 3 amide bonds. The standard InChI is InChI=1S/C24H27N3O3S/c1-17(22-16-19-5-3-4-6-21(19)30-22)26(2)24(29)25-20-9-7-18(8-10-20)15-23(28)27-11-13-31-14-12-27/h3-10,16-17H,11-15H2,1-2H3,(H,25,29). The summed E-state index contributed by atoms with van der Waals surface area (Å²) in [5.41, 5.74) is 2.45. The molecule has 1 saturated heterocycles. The summed E-state index contributed by atoms with van der Waals surface area (Å²) in [7, 11) is 1.75. The zero-order valence-electron chi connectivity index (χ0n) is 17.8. The van der Waals surface area contributed by atoms with E-state index in [1.165, 1.54) is 0 Å². The normalized spacial score (nSPS) is 15.0. The van der Waals surface area contributed by atoms with Gasteiger partial charge in [-0.15, -0.1) is 0 Å². The van der Waals surface area contributed by atoms with Gasteiger partial charge in [-0.05, 0) is 36.8 Å². The van der Waals surface area contributed by atoms with Gasteiger partial charge in [-0.3, -0.25) is 4.79 Å². The van der Waals surface area contributed by atoms with Crippen LogP contribution in [0.4, 0.5) is 10.5 Å². The fourth-order valence-corrected chi connectivity index (χ4v) is 4.49. The Labute approximate surface area is 186 Å². The van der Waals surface area contributed by atoms with E-state index in [4.69, 9.17) is 4.42 Å². The van der Waals surface area contributed by atoms with Gasteiger partial charge in [-0.25, -0.2) is 4.79 Å². The number of carbonyl (C=O) groups excluding carboxylic acids is 2. The second-order valence-electron chi connectivity index (χ2n) is 7.77. The molecule has 1 aromatic heterocycles. The number of fused-ring (bicyclic) bond motifs is 1. The zero-order chi connectivity index (χ0) is 21.8. The van der Waals surface area contributed by atoms with Crippen molar-refractivity contribution >= 4 is 40.4 Å². The molecule has 0 spiro atoms. The van der Waals surface area contributed by atoms with Crippen molar-refractivity contribution in [2.45, 2.75) is 19.4 Å². The number of benzene rings is 2. The highest BCUT2D eigenvalue weighted by Gasteiger charge is 2.21. The highest BCUT2D eigenvalue weighted by atomic mass is 32.2. The lowest BCUT2D eigenvalue weighted by atomic mass is 10.1. The van der Waals surface area contributed by atoms with Crippen LogP contribution in [0.2, 0.25) is 0 Å². The van der Waals surface area contributed by atoms with Gasteiger partial charge >= 0.3 is 6.03 Å². The summed E-state index contributed by atoms with van der Waals surface area (Å²) in [4.78, 5) is 28.7. The fraction of sp³-hybridized carbons (Fsp3) is 0.333. The number of hydrogen-bond acceptors (Lipinski definition) is 4. The van der Waals surface area contributed by atoms with Gasteiger partial charge in [0.05, 0.1) is 12.5 Å². The molecule has 31 heavy (non-hydrogen) atoms. The lowest BCUT2D eigenvalue weighted by Crippen LogP contribution is -2.38. The predicted molar refractivity (Wildman–Crippen MR) is 125 cm³/mol. The van der Waals surface area contributed by atoms with Gasteiger partial charge in [-0.1, -0.05) is 30.3 Å². The van der Waals surface area contributed by atoms with Gasteiger partial charge in [0.1, 0.15) is 11.3 Å². The van der Waals surface area contributed by atoms with Gasteiger partial charge in [0.25, 0.3) is 0 Å². The molecule has 1 N–H and O–H groups in total. The molecular formula is C24H27N3O3S. The molecule has 6 nitrogen and oxygen atoms in total. The molecule has 1 aliphatic heterocycles. The molecule has 7 heteroatoms. The number of amides is 3. The monoisotopic (exact) mass is 437 g/mol. The minimum Gasteiger partial charge on any atom is -0.459 e. The van der Waals surface area contributed by atoms with Crippen LogP contribution in [0.1, 0.15) is 24.3 Å². The SMILES string of the molecule is CC(c1cc2ccccc2o1)N(C)C(=O)Nc1ccc(CC(=O)N2CCSCC2)cc1. The highest BCUT2D eigenvalue weighted by molar-refractivity contribution is 7.99. The molecule has 1 atom stereocenters. The van der Waals surface area contributed by atoms with Crippen molar-refractivity contribution in [1.82, 2.24) is 9.80 Å². The fourth-order valence-electron chi connectivity index (χ4n) is 3.59. The topological polar surface area (TPSA) is 65.8 Å². The Morgan fingerprint density at radius 1 is 1.13 bits per heavy atom. The molecule has 162 valence electrons. The van der Waals surface area contributed by atoms with Crippen molar-refractivity contribution in [3.63, 3.8) is 0 Å². The Morgan fingerprint density at radius 3 is 2.55 bits per heavy atom. The number of anilines is 1. The molecule has 0 aliphatic carbocycles. The molecule has 4 rings (SSSR count). The Balaban J connectivity index is 1.34. The minimum absolute atomic E-state index is 0.163. The van der Waals surface area contributed by atoms with E-state index in [-0.39, 0.29) is 18.0 Å². The summed E-state index contributed by atoms with van der Waals surface area (Å²) in [6, 6.07) is 16.8. The van der Waals surface area contributed by atoms with Crippen LogP contribution in [0.5, 0.6) is 0 Å².